The Morgan fingerprint density at radius 2 is 1.81 bits per heavy atom. The van der Waals surface area contributed by atoms with Crippen molar-refractivity contribution in [2.24, 2.45) is 23.2 Å². The monoisotopic (exact) mass is 593 g/mol. The van der Waals surface area contributed by atoms with Gasteiger partial charge < -0.3 is 14.9 Å². The van der Waals surface area contributed by atoms with Crippen LogP contribution in [-0.4, -0.2) is 89.0 Å². The summed E-state index contributed by atoms with van der Waals surface area (Å²) in [7, 11) is 2.16. The van der Waals surface area contributed by atoms with E-state index in [0.717, 1.165) is 83.6 Å². The predicted octanol–water partition coefficient (Wildman–Crippen LogP) is 4.45. The van der Waals surface area contributed by atoms with E-state index in [1.165, 1.54) is 10.4 Å². The van der Waals surface area contributed by atoms with E-state index in [1.807, 2.05) is 24.0 Å². The van der Waals surface area contributed by atoms with Gasteiger partial charge in [-0.15, -0.1) is 11.3 Å². The largest absolute Gasteiger partial charge is 0.392 e. The number of carbonyl (C=O) groups excluding carboxylic acids is 2. The topological polar surface area (TPSA) is 89.0 Å². The molecule has 1 aromatic heterocycles. The number of fused-ring (bicyclic) bond motifs is 2. The van der Waals surface area contributed by atoms with Gasteiger partial charge in [0.05, 0.1) is 11.8 Å². The lowest BCUT2D eigenvalue weighted by Gasteiger charge is -2.53. The van der Waals surface area contributed by atoms with Crippen LogP contribution in [0.4, 0.5) is 5.13 Å². The number of likely N-dealkylation sites (N-methyl/N-ethyl adjacent to an activating group) is 1. The number of aromatic nitrogens is 1. The number of aliphatic hydroxyl groups is 1. The highest BCUT2D eigenvalue weighted by Crippen LogP contribution is 2.57. The number of rotatable bonds is 6. The second-order valence-corrected chi connectivity index (χ2v) is 14.8. The number of nitrogens with one attached hydrogen (secondary N) is 1. The molecule has 0 bridgehead atoms. The minimum Gasteiger partial charge on any atom is -0.392 e. The van der Waals surface area contributed by atoms with E-state index in [1.54, 1.807) is 11.3 Å². The number of nitrogens with zero attached hydrogens (tertiary/aromatic N) is 4. The van der Waals surface area contributed by atoms with Crippen molar-refractivity contribution in [1.82, 2.24) is 19.7 Å². The third kappa shape index (κ3) is 5.77. The molecule has 2 aliphatic carbocycles. The third-order valence-corrected chi connectivity index (χ3v) is 11.8. The molecule has 2 aromatic rings. The zero-order valence-electron chi connectivity index (χ0n) is 25.6. The van der Waals surface area contributed by atoms with Crippen LogP contribution in [-0.2, 0) is 17.8 Å². The molecule has 4 aliphatic rings. The number of piperazine rings is 1. The van der Waals surface area contributed by atoms with E-state index < -0.39 is 6.10 Å². The number of thiazole rings is 1. The van der Waals surface area contributed by atoms with Gasteiger partial charge in [-0.05, 0) is 74.1 Å². The second-order valence-electron chi connectivity index (χ2n) is 13.7. The van der Waals surface area contributed by atoms with E-state index in [-0.39, 0.29) is 40.9 Å². The standard InChI is InChI=1S/C33H47N5O3S/c1-21(31(41)38-13-5-6-14-38)25-11-12-33(3)19-26-28(22(2)27(33)29(25)39)34-32(42-26)35-30(40)24-9-7-23(8-10-24)20-37-17-15-36(4)16-18-37/h7-10,21-22,25,27,29,39H,5-6,11-20H2,1-4H3,(H,34,35,40)/t21-,22-,25-,27+,29-,33-/m0/s1. The number of carbonyl (C=O) groups is 2. The molecule has 6 atom stereocenters. The summed E-state index contributed by atoms with van der Waals surface area (Å²) in [5, 5.41) is 15.4. The fourth-order valence-electron chi connectivity index (χ4n) is 8.20. The van der Waals surface area contributed by atoms with E-state index in [2.05, 4.69) is 48.1 Å². The Morgan fingerprint density at radius 1 is 1.12 bits per heavy atom. The summed E-state index contributed by atoms with van der Waals surface area (Å²) >= 11 is 1.58. The van der Waals surface area contributed by atoms with Gasteiger partial charge in [-0.2, -0.15) is 0 Å². The van der Waals surface area contributed by atoms with Gasteiger partial charge in [0.25, 0.3) is 5.91 Å². The minimum absolute atomic E-state index is 0.0304. The lowest BCUT2D eigenvalue weighted by Crippen LogP contribution is -2.53. The molecule has 0 unspecified atom stereocenters. The van der Waals surface area contributed by atoms with Gasteiger partial charge in [-0.3, -0.25) is 19.8 Å². The van der Waals surface area contributed by atoms with Crippen molar-refractivity contribution in [3.05, 3.63) is 46.0 Å². The zero-order chi connectivity index (χ0) is 29.6. The molecule has 0 radical (unpaired) electrons. The SMILES string of the molecule is C[C@H](C(=O)N1CCCC1)[C@@H]1CC[C@@]2(C)Cc3sc(NC(=O)c4ccc(CN5CCN(C)CC5)cc4)nc3[C@@H](C)[C@@H]2[C@H]1O. The number of hydrogen-bond acceptors (Lipinski definition) is 7. The first kappa shape index (κ1) is 29.7. The molecule has 3 fully saturated rings. The van der Waals surface area contributed by atoms with Crippen molar-refractivity contribution in [1.29, 1.82) is 0 Å². The summed E-state index contributed by atoms with van der Waals surface area (Å²) in [6, 6.07) is 7.93. The van der Waals surface area contributed by atoms with Gasteiger partial charge in [0.15, 0.2) is 5.13 Å². The number of aliphatic hydroxyl groups excluding tert-OH is 1. The first-order chi connectivity index (χ1) is 20.1. The van der Waals surface area contributed by atoms with Gasteiger partial charge in [0.2, 0.25) is 5.91 Å². The van der Waals surface area contributed by atoms with Gasteiger partial charge in [0.1, 0.15) is 0 Å². The van der Waals surface area contributed by atoms with Gasteiger partial charge in [-0.25, -0.2) is 4.98 Å². The van der Waals surface area contributed by atoms with Crippen LogP contribution in [0.3, 0.4) is 0 Å². The zero-order valence-corrected chi connectivity index (χ0v) is 26.5. The first-order valence-electron chi connectivity index (χ1n) is 15.9. The summed E-state index contributed by atoms with van der Waals surface area (Å²) in [5.74, 6) is -0.0441. The van der Waals surface area contributed by atoms with Crippen LogP contribution < -0.4 is 5.32 Å². The Labute approximate surface area is 254 Å². The summed E-state index contributed by atoms with van der Waals surface area (Å²) in [6.45, 7) is 13.4. The lowest BCUT2D eigenvalue weighted by molar-refractivity contribution is -0.143. The van der Waals surface area contributed by atoms with Crippen molar-refractivity contribution in [2.45, 2.75) is 71.4 Å². The number of likely N-dealkylation sites (tertiary alicyclic amines) is 1. The molecule has 2 amide bonds. The van der Waals surface area contributed by atoms with Crippen LogP contribution in [0.2, 0.25) is 0 Å². The number of benzene rings is 1. The molecule has 228 valence electrons. The third-order valence-electron chi connectivity index (χ3n) is 10.8. The van der Waals surface area contributed by atoms with Gasteiger partial charge in [0, 0.05) is 68.1 Å². The Balaban J connectivity index is 1.11. The van der Waals surface area contributed by atoms with E-state index in [4.69, 9.17) is 4.98 Å². The quantitative estimate of drug-likeness (QED) is 0.515. The lowest BCUT2D eigenvalue weighted by atomic mass is 9.53. The summed E-state index contributed by atoms with van der Waals surface area (Å²) < 4.78 is 0. The van der Waals surface area contributed by atoms with Crippen LogP contribution in [0, 0.1) is 23.2 Å². The molecule has 3 heterocycles. The van der Waals surface area contributed by atoms with E-state index >= 15 is 0 Å². The van der Waals surface area contributed by atoms with Crippen molar-refractivity contribution in [3.63, 3.8) is 0 Å². The number of anilines is 1. The van der Waals surface area contributed by atoms with Gasteiger partial charge >= 0.3 is 0 Å². The average molecular weight is 594 g/mol. The molecule has 2 saturated heterocycles. The van der Waals surface area contributed by atoms with Crippen LogP contribution in [0.25, 0.3) is 0 Å². The number of amides is 2. The van der Waals surface area contributed by atoms with Crippen molar-refractivity contribution in [2.75, 3.05) is 51.6 Å². The Morgan fingerprint density at radius 3 is 2.50 bits per heavy atom. The highest BCUT2D eigenvalue weighted by atomic mass is 32.1. The van der Waals surface area contributed by atoms with Crippen molar-refractivity contribution in [3.8, 4) is 0 Å². The van der Waals surface area contributed by atoms with Crippen molar-refractivity contribution < 1.29 is 14.7 Å². The summed E-state index contributed by atoms with van der Waals surface area (Å²) in [5.41, 5.74) is 2.80. The normalized spacial score (nSPS) is 30.9. The molecule has 0 spiro atoms. The maximum atomic E-state index is 13.2. The summed E-state index contributed by atoms with van der Waals surface area (Å²) in [4.78, 5) is 39.3. The molecular weight excluding hydrogens is 546 g/mol. The molecule has 42 heavy (non-hydrogen) atoms. The fourth-order valence-corrected chi connectivity index (χ4v) is 9.46. The van der Waals surface area contributed by atoms with Crippen molar-refractivity contribution >= 4 is 28.3 Å². The first-order valence-corrected chi connectivity index (χ1v) is 16.7. The van der Waals surface area contributed by atoms with Crippen LogP contribution in [0.1, 0.15) is 78.9 Å². The fraction of sp³-hybridized carbons (Fsp3) is 0.667. The van der Waals surface area contributed by atoms with Gasteiger partial charge in [-0.1, -0.05) is 32.9 Å². The van der Waals surface area contributed by atoms with Crippen LogP contribution in [0.5, 0.6) is 0 Å². The highest BCUT2D eigenvalue weighted by Gasteiger charge is 2.54. The second kappa shape index (κ2) is 12.0. The maximum Gasteiger partial charge on any atom is 0.257 e. The Bertz CT molecular complexity index is 1280. The molecule has 9 heteroatoms. The molecule has 1 aromatic carbocycles. The molecule has 2 aliphatic heterocycles. The molecule has 6 rings (SSSR count). The Kier molecular flexibility index (Phi) is 8.48. The Hall–Kier alpha value is -2.33. The predicted molar refractivity (Wildman–Crippen MR) is 167 cm³/mol. The van der Waals surface area contributed by atoms with Crippen LogP contribution >= 0.6 is 11.3 Å². The molecule has 1 saturated carbocycles. The van der Waals surface area contributed by atoms with E-state index in [9.17, 15) is 14.7 Å². The van der Waals surface area contributed by atoms with E-state index in [0.29, 0.717) is 10.7 Å². The number of hydrogen-bond donors (Lipinski definition) is 2. The molecule has 8 nitrogen and oxygen atoms in total. The highest BCUT2D eigenvalue weighted by molar-refractivity contribution is 7.15. The van der Waals surface area contributed by atoms with Crippen LogP contribution in [0.15, 0.2) is 24.3 Å². The maximum absolute atomic E-state index is 13.2. The molecule has 2 N–H and O–H groups in total. The minimum atomic E-state index is -0.544. The summed E-state index contributed by atoms with van der Waals surface area (Å²) in [6.07, 6.45) is 4.32. The molecular formula is C33H47N5O3S. The smallest absolute Gasteiger partial charge is 0.257 e. The average Bonchev–Trinajstić information content (AvgIpc) is 3.64.